The number of hydrogen-bond donors (Lipinski definition) is 1. The van der Waals surface area contributed by atoms with Crippen molar-refractivity contribution in [3.63, 3.8) is 0 Å². The number of anilines is 1. The third kappa shape index (κ3) is 4.87. The summed E-state index contributed by atoms with van der Waals surface area (Å²) < 4.78 is 21.5. The Morgan fingerprint density at radius 2 is 1.62 bits per heavy atom. The Labute approximate surface area is 168 Å². The number of aryl methyl sites for hydroxylation is 1. The molecule has 0 saturated carbocycles. The first kappa shape index (κ1) is 20.3. The van der Waals surface area contributed by atoms with E-state index in [2.05, 4.69) is 5.32 Å². The number of ether oxygens (including phenoxy) is 3. The van der Waals surface area contributed by atoms with Gasteiger partial charge in [-0.1, -0.05) is 0 Å². The van der Waals surface area contributed by atoms with Crippen LogP contribution in [0.25, 0.3) is 11.0 Å². The summed E-state index contributed by atoms with van der Waals surface area (Å²) in [7, 11) is 0. The van der Waals surface area contributed by atoms with E-state index in [0.29, 0.717) is 41.5 Å². The van der Waals surface area contributed by atoms with Crippen molar-refractivity contribution in [2.75, 3.05) is 25.1 Å². The van der Waals surface area contributed by atoms with E-state index in [4.69, 9.17) is 18.6 Å². The summed E-state index contributed by atoms with van der Waals surface area (Å²) in [5, 5.41) is 3.43. The highest BCUT2D eigenvalue weighted by molar-refractivity contribution is 5.98. The quantitative estimate of drug-likeness (QED) is 0.569. The molecule has 0 spiro atoms. The van der Waals surface area contributed by atoms with Crippen molar-refractivity contribution in [2.45, 2.75) is 20.8 Å². The van der Waals surface area contributed by atoms with E-state index in [1.807, 2.05) is 19.9 Å². The van der Waals surface area contributed by atoms with Crippen molar-refractivity contribution < 1.29 is 28.2 Å². The summed E-state index contributed by atoms with van der Waals surface area (Å²) in [6.07, 6.45) is 0. The Hall–Kier alpha value is -3.48. The van der Waals surface area contributed by atoms with Crippen LogP contribution in [0.2, 0.25) is 0 Å². The van der Waals surface area contributed by atoms with Gasteiger partial charge in [0.15, 0.2) is 6.61 Å². The predicted octanol–water partition coefficient (Wildman–Crippen LogP) is 4.33. The number of nitrogens with one attached hydrogen (secondary N) is 1. The van der Waals surface area contributed by atoms with Crippen molar-refractivity contribution in [2.24, 2.45) is 0 Å². The van der Waals surface area contributed by atoms with Crippen molar-refractivity contribution in [3.8, 4) is 11.5 Å². The molecule has 3 aromatic rings. The zero-order valence-electron chi connectivity index (χ0n) is 16.6. The number of hydrogen-bond acceptors (Lipinski definition) is 6. The summed E-state index contributed by atoms with van der Waals surface area (Å²) in [6.45, 7) is 6.24. The molecule has 0 bridgehead atoms. The number of amides is 1. The maximum atomic E-state index is 12.4. The highest BCUT2D eigenvalue weighted by atomic mass is 16.5. The third-order valence-corrected chi connectivity index (χ3v) is 4.19. The maximum absolute atomic E-state index is 12.4. The number of benzene rings is 2. The second-order valence-electron chi connectivity index (χ2n) is 6.23. The predicted molar refractivity (Wildman–Crippen MR) is 109 cm³/mol. The lowest BCUT2D eigenvalue weighted by atomic mass is 10.1. The van der Waals surface area contributed by atoms with Gasteiger partial charge in [-0.3, -0.25) is 4.79 Å². The van der Waals surface area contributed by atoms with Gasteiger partial charge in [0.05, 0.1) is 13.2 Å². The molecule has 1 heterocycles. The SMILES string of the molecule is CCOc1ccc(NC(=O)COC(=O)c2oc3ccc(OCC)cc3c2C)cc1. The molecule has 1 aromatic heterocycles. The minimum Gasteiger partial charge on any atom is -0.494 e. The van der Waals surface area contributed by atoms with Crippen LogP contribution in [-0.2, 0) is 9.53 Å². The van der Waals surface area contributed by atoms with Gasteiger partial charge in [0.2, 0.25) is 5.76 Å². The smallest absolute Gasteiger partial charge is 0.375 e. The lowest BCUT2D eigenvalue weighted by Gasteiger charge is -2.07. The lowest BCUT2D eigenvalue weighted by molar-refractivity contribution is -0.119. The minimum atomic E-state index is -0.696. The molecule has 1 N–H and O–H groups in total. The molecule has 7 heteroatoms. The van der Waals surface area contributed by atoms with Crippen molar-refractivity contribution in [3.05, 3.63) is 53.8 Å². The third-order valence-electron chi connectivity index (χ3n) is 4.19. The van der Waals surface area contributed by atoms with E-state index in [1.54, 1.807) is 43.3 Å². The molecule has 0 aliphatic heterocycles. The molecule has 0 fully saturated rings. The fraction of sp³-hybridized carbons (Fsp3) is 0.273. The molecule has 0 unspecified atom stereocenters. The Bertz CT molecular complexity index is 1010. The number of fused-ring (bicyclic) bond motifs is 1. The van der Waals surface area contributed by atoms with Crippen LogP contribution in [0, 0.1) is 6.92 Å². The zero-order valence-corrected chi connectivity index (χ0v) is 16.6. The van der Waals surface area contributed by atoms with Crippen LogP contribution in [0.15, 0.2) is 46.9 Å². The molecular weight excluding hydrogens is 374 g/mol. The zero-order chi connectivity index (χ0) is 20.8. The van der Waals surface area contributed by atoms with Gasteiger partial charge in [0.1, 0.15) is 17.1 Å². The largest absolute Gasteiger partial charge is 0.494 e. The number of esters is 1. The van der Waals surface area contributed by atoms with Crippen LogP contribution in [0.3, 0.4) is 0 Å². The molecular formula is C22H23NO6. The summed E-state index contributed by atoms with van der Waals surface area (Å²) >= 11 is 0. The van der Waals surface area contributed by atoms with E-state index in [0.717, 1.165) is 5.39 Å². The molecule has 2 aromatic carbocycles. The summed E-state index contributed by atoms with van der Waals surface area (Å²) in [4.78, 5) is 24.4. The normalized spacial score (nSPS) is 10.6. The van der Waals surface area contributed by atoms with Crippen molar-refractivity contribution >= 4 is 28.5 Å². The second kappa shape index (κ2) is 9.14. The Kier molecular flexibility index (Phi) is 6.39. The average Bonchev–Trinajstić information content (AvgIpc) is 3.04. The van der Waals surface area contributed by atoms with Crippen LogP contribution in [-0.4, -0.2) is 31.7 Å². The van der Waals surface area contributed by atoms with Crippen LogP contribution in [0.5, 0.6) is 11.5 Å². The van der Waals surface area contributed by atoms with E-state index < -0.39 is 18.5 Å². The number of carbonyl (C=O) groups is 2. The van der Waals surface area contributed by atoms with Gasteiger partial charge in [-0.2, -0.15) is 0 Å². The van der Waals surface area contributed by atoms with Gasteiger partial charge >= 0.3 is 5.97 Å². The topological polar surface area (TPSA) is 87.0 Å². The van der Waals surface area contributed by atoms with Gasteiger partial charge < -0.3 is 23.9 Å². The lowest BCUT2D eigenvalue weighted by Crippen LogP contribution is -2.21. The van der Waals surface area contributed by atoms with Gasteiger partial charge in [-0.05, 0) is 63.2 Å². The Morgan fingerprint density at radius 1 is 0.966 bits per heavy atom. The maximum Gasteiger partial charge on any atom is 0.375 e. The highest BCUT2D eigenvalue weighted by Crippen LogP contribution is 2.29. The summed E-state index contributed by atoms with van der Waals surface area (Å²) in [5.41, 5.74) is 1.77. The van der Waals surface area contributed by atoms with Gasteiger partial charge in [-0.25, -0.2) is 4.79 Å². The number of rotatable bonds is 8. The minimum absolute atomic E-state index is 0.0718. The van der Waals surface area contributed by atoms with E-state index in [1.165, 1.54) is 0 Å². The fourth-order valence-electron chi connectivity index (χ4n) is 2.85. The first-order chi connectivity index (χ1) is 14.0. The fourth-order valence-corrected chi connectivity index (χ4v) is 2.85. The van der Waals surface area contributed by atoms with E-state index in [-0.39, 0.29) is 5.76 Å². The molecule has 0 saturated heterocycles. The van der Waals surface area contributed by atoms with E-state index in [9.17, 15) is 9.59 Å². The standard InChI is InChI=1S/C22H23NO6/c1-4-26-16-8-6-15(7-9-16)23-20(24)13-28-22(25)21-14(3)18-12-17(27-5-2)10-11-19(18)29-21/h6-12H,4-5,13H2,1-3H3,(H,23,24). The van der Waals surface area contributed by atoms with Crippen molar-refractivity contribution in [1.82, 2.24) is 0 Å². The molecule has 0 radical (unpaired) electrons. The summed E-state index contributed by atoms with van der Waals surface area (Å²) in [6, 6.07) is 12.2. The first-order valence-electron chi connectivity index (χ1n) is 9.37. The molecule has 3 rings (SSSR count). The summed E-state index contributed by atoms with van der Waals surface area (Å²) in [5.74, 6) is 0.333. The molecule has 1 amide bonds. The molecule has 29 heavy (non-hydrogen) atoms. The van der Waals surface area contributed by atoms with Crippen LogP contribution in [0.4, 0.5) is 5.69 Å². The molecule has 0 aliphatic carbocycles. The molecule has 0 atom stereocenters. The highest BCUT2D eigenvalue weighted by Gasteiger charge is 2.20. The van der Waals surface area contributed by atoms with Crippen LogP contribution >= 0.6 is 0 Å². The number of furan rings is 1. The molecule has 7 nitrogen and oxygen atoms in total. The number of carbonyl (C=O) groups excluding carboxylic acids is 2. The second-order valence-corrected chi connectivity index (χ2v) is 6.23. The molecule has 152 valence electrons. The van der Waals surface area contributed by atoms with Crippen molar-refractivity contribution in [1.29, 1.82) is 0 Å². The van der Waals surface area contributed by atoms with Gasteiger partial charge in [-0.15, -0.1) is 0 Å². The average molecular weight is 397 g/mol. The van der Waals surface area contributed by atoms with Gasteiger partial charge in [0.25, 0.3) is 5.91 Å². The van der Waals surface area contributed by atoms with Crippen LogP contribution < -0.4 is 14.8 Å². The Balaban J connectivity index is 1.61. The first-order valence-corrected chi connectivity index (χ1v) is 9.37. The van der Waals surface area contributed by atoms with E-state index >= 15 is 0 Å². The van der Waals surface area contributed by atoms with Crippen LogP contribution in [0.1, 0.15) is 30.0 Å². The Morgan fingerprint density at radius 3 is 2.31 bits per heavy atom. The van der Waals surface area contributed by atoms with Gasteiger partial charge in [0, 0.05) is 16.6 Å². The molecule has 0 aliphatic rings. The monoisotopic (exact) mass is 397 g/mol.